The van der Waals surface area contributed by atoms with Crippen LogP contribution in [0, 0.1) is 0 Å². The lowest BCUT2D eigenvalue weighted by Crippen LogP contribution is -2.27. The number of carbonyl (C=O) groups excluding carboxylic acids is 1. The summed E-state index contributed by atoms with van der Waals surface area (Å²) >= 11 is 7.55. The third kappa shape index (κ3) is 2.30. The summed E-state index contributed by atoms with van der Waals surface area (Å²) in [5, 5.41) is 0.637. The maximum Gasteiger partial charge on any atom is 0.238 e. The van der Waals surface area contributed by atoms with Crippen LogP contribution in [0.2, 0.25) is 5.02 Å². The zero-order chi connectivity index (χ0) is 15.1. The van der Waals surface area contributed by atoms with E-state index in [1.807, 2.05) is 42.5 Å². The second-order valence-corrected chi connectivity index (χ2v) is 6.52. The summed E-state index contributed by atoms with van der Waals surface area (Å²) in [4.78, 5) is 14.1. The second kappa shape index (κ2) is 5.41. The lowest BCUT2D eigenvalue weighted by Gasteiger charge is -2.24. The van der Waals surface area contributed by atoms with Gasteiger partial charge in [0.15, 0.2) is 11.5 Å². The van der Waals surface area contributed by atoms with Crippen molar-refractivity contribution in [3.8, 4) is 11.5 Å². The Morgan fingerprint density at radius 3 is 2.68 bits per heavy atom. The van der Waals surface area contributed by atoms with E-state index in [1.54, 1.807) is 16.7 Å². The molecule has 1 amide bonds. The number of carbonyl (C=O) groups is 1. The van der Waals surface area contributed by atoms with E-state index in [0.717, 1.165) is 11.3 Å². The van der Waals surface area contributed by atoms with Gasteiger partial charge in [0, 0.05) is 16.8 Å². The Hall–Kier alpha value is -1.85. The van der Waals surface area contributed by atoms with Crippen molar-refractivity contribution in [1.82, 2.24) is 0 Å². The number of halogens is 1. The molecule has 2 aliphatic heterocycles. The first kappa shape index (κ1) is 13.8. The molecule has 2 heterocycles. The molecule has 0 spiro atoms. The molecule has 6 heteroatoms. The van der Waals surface area contributed by atoms with Crippen LogP contribution in [0.15, 0.2) is 42.5 Å². The fourth-order valence-electron chi connectivity index (χ4n) is 2.61. The molecule has 1 unspecified atom stereocenters. The Bertz CT molecular complexity index is 735. The van der Waals surface area contributed by atoms with Crippen molar-refractivity contribution in [1.29, 1.82) is 0 Å². The highest BCUT2D eigenvalue weighted by Gasteiger charge is 2.34. The predicted molar refractivity (Wildman–Crippen MR) is 86.7 cm³/mol. The van der Waals surface area contributed by atoms with Gasteiger partial charge in [-0.2, -0.15) is 0 Å². The lowest BCUT2D eigenvalue weighted by atomic mass is 10.2. The fraction of sp³-hybridized carbons (Fsp3) is 0.188. The number of rotatable bonds is 2. The number of nitrogens with zero attached hydrogens (tertiary/aromatic N) is 1. The van der Waals surface area contributed by atoms with Gasteiger partial charge in [-0.15, -0.1) is 11.8 Å². The monoisotopic (exact) mass is 333 g/mol. The van der Waals surface area contributed by atoms with E-state index in [9.17, 15) is 4.79 Å². The molecule has 1 saturated heterocycles. The highest BCUT2D eigenvalue weighted by molar-refractivity contribution is 8.00. The second-order valence-electron chi connectivity index (χ2n) is 5.02. The topological polar surface area (TPSA) is 38.8 Å². The van der Waals surface area contributed by atoms with E-state index < -0.39 is 0 Å². The number of hydrogen-bond donors (Lipinski definition) is 0. The van der Waals surface area contributed by atoms with Crippen LogP contribution in [0.3, 0.4) is 0 Å². The molecule has 2 aromatic carbocycles. The van der Waals surface area contributed by atoms with E-state index in [2.05, 4.69) is 0 Å². The van der Waals surface area contributed by atoms with Gasteiger partial charge in [0.05, 0.1) is 5.75 Å². The van der Waals surface area contributed by atoms with Gasteiger partial charge in [0.1, 0.15) is 5.37 Å². The van der Waals surface area contributed by atoms with Crippen molar-refractivity contribution >= 4 is 35.0 Å². The molecule has 0 aliphatic carbocycles. The molecule has 112 valence electrons. The average Bonchev–Trinajstić information content (AvgIpc) is 3.13. The molecule has 4 nitrogen and oxygen atoms in total. The van der Waals surface area contributed by atoms with Gasteiger partial charge >= 0.3 is 0 Å². The van der Waals surface area contributed by atoms with Crippen LogP contribution in [-0.4, -0.2) is 18.5 Å². The largest absolute Gasteiger partial charge is 0.454 e. The van der Waals surface area contributed by atoms with Gasteiger partial charge in [-0.25, -0.2) is 0 Å². The normalized spacial score (nSPS) is 19.8. The SMILES string of the molecule is O=C1CSC(c2ccc(Cl)cc2)N1c1ccc2c(c1)OCO2. The molecule has 0 N–H and O–H groups in total. The molecule has 0 saturated carbocycles. The zero-order valence-electron chi connectivity index (χ0n) is 11.5. The van der Waals surface area contributed by atoms with Gasteiger partial charge in [-0.05, 0) is 29.8 Å². The van der Waals surface area contributed by atoms with Crippen molar-refractivity contribution in [3.63, 3.8) is 0 Å². The summed E-state index contributed by atoms with van der Waals surface area (Å²) in [7, 11) is 0. The summed E-state index contributed by atoms with van der Waals surface area (Å²) in [5.41, 5.74) is 1.87. The number of anilines is 1. The van der Waals surface area contributed by atoms with Gasteiger partial charge in [0.2, 0.25) is 12.7 Å². The molecule has 1 atom stereocenters. The molecule has 0 radical (unpaired) electrons. The number of ether oxygens (including phenoxy) is 2. The van der Waals surface area contributed by atoms with Crippen molar-refractivity contribution in [2.75, 3.05) is 17.4 Å². The fourth-order valence-corrected chi connectivity index (χ4v) is 3.92. The van der Waals surface area contributed by atoms with Gasteiger partial charge in [0.25, 0.3) is 0 Å². The molecule has 1 fully saturated rings. The maximum atomic E-state index is 12.3. The summed E-state index contributed by atoms with van der Waals surface area (Å²) in [6.45, 7) is 0.224. The van der Waals surface area contributed by atoms with E-state index in [-0.39, 0.29) is 18.1 Å². The molecule has 2 aliphatic rings. The molecule has 22 heavy (non-hydrogen) atoms. The third-order valence-corrected chi connectivity index (χ3v) is 5.12. The molecular weight excluding hydrogens is 322 g/mol. The van der Waals surface area contributed by atoms with E-state index >= 15 is 0 Å². The van der Waals surface area contributed by atoms with Crippen LogP contribution in [0.25, 0.3) is 0 Å². The van der Waals surface area contributed by atoms with Crippen LogP contribution in [0.1, 0.15) is 10.9 Å². The first-order valence-electron chi connectivity index (χ1n) is 6.81. The van der Waals surface area contributed by atoms with Gasteiger partial charge < -0.3 is 9.47 Å². The van der Waals surface area contributed by atoms with E-state index in [0.29, 0.717) is 22.3 Å². The van der Waals surface area contributed by atoms with Crippen molar-refractivity contribution < 1.29 is 14.3 Å². The summed E-state index contributed by atoms with van der Waals surface area (Å²) < 4.78 is 10.7. The van der Waals surface area contributed by atoms with Gasteiger partial charge in [-0.1, -0.05) is 23.7 Å². The standard InChI is InChI=1S/C16H12ClNO3S/c17-11-3-1-10(2-4-11)16-18(15(19)8-22-16)12-5-6-13-14(7-12)21-9-20-13/h1-7,16H,8-9H2. The average molecular weight is 334 g/mol. The summed E-state index contributed by atoms with van der Waals surface area (Å²) in [6.07, 6.45) is 0. The van der Waals surface area contributed by atoms with Crippen molar-refractivity contribution in [2.45, 2.75) is 5.37 Å². The molecule has 2 aromatic rings. The smallest absolute Gasteiger partial charge is 0.238 e. The number of amides is 1. The first-order chi connectivity index (χ1) is 10.7. The quantitative estimate of drug-likeness (QED) is 0.837. The van der Waals surface area contributed by atoms with Crippen molar-refractivity contribution in [3.05, 3.63) is 53.1 Å². The third-order valence-electron chi connectivity index (χ3n) is 3.66. The van der Waals surface area contributed by atoms with E-state index in [4.69, 9.17) is 21.1 Å². The molecule has 0 bridgehead atoms. The minimum atomic E-state index is -0.0508. The minimum absolute atomic E-state index is 0.0508. The predicted octanol–water partition coefficient (Wildman–Crippen LogP) is 3.85. The Morgan fingerprint density at radius 2 is 1.86 bits per heavy atom. The number of hydrogen-bond acceptors (Lipinski definition) is 4. The maximum absolute atomic E-state index is 12.3. The van der Waals surface area contributed by atoms with Crippen LogP contribution in [0.4, 0.5) is 5.69 Å². The number of fused-ring (bicyclic) bond motifs is 1. The van der Waals surface area contributed by atoms with Crippen LogP contribution in [0.5, 0.6) is 11.5 Å². The van der Waals surface area contributed by atoms with Crippen LogP contribution < -0.4 is 14.4 Å². The van der Waals surface area contributed by atoms with Crippen LogP contribution in [-0.2, 0) is 4.79 Å². The molecule has 0 aromatic heterocycles. The van der Waals surface area contributed by atoms with E-state index in [1.165, 1.54) is 0 Å². The Kier molecular flexibility index (Phi) is 3.39. The zero-order valence-corrected chi connectivity index (χ0v) is 13.1. The summed E-state index contributed by atoms with van der Waals surface area (Å²) in [5.74, 6) is 1.94. The summed E-state index contributed by atoms with van der Waals surface area (Å²) in [6, 6.07) is 13.2. The first-order valence-corrected chi connectivity index (χ1v) is 8.24. The van der Waals surface area contributed by atoms with Gasteiger partial charge in [-0.3, -0.25) is 9.69 Å². The lowest BCUT2D eigenvalue weighted by molar-refractivity contribution is -0.115. The minimum Gasteiger partial charge on any atom is -0.454 e. The number of benzene rings is 2. The van der Waals surface area contributed by atoms with Crippen LogP contribution >= 0.6 is 23.4 Å². The Labute approximate surface area is 137 Å². The molecule has 4 rings (SSSR count). The molecular formula is C16H12ClNO3S. The highest BCUT2D eigenvalue weighted by atomic mass is 35.5. The highest BCUT2D eigenvalue weighted by Crippen LogP contribution is 2.44. The van der Waals surface area contributed by atoms with Crippen molar-refractivity contribution in [2.24, 2.45) is 0 Å². The Balaban J connectivity index is 1.71. The number of thioether (sulfide) groups is 1. The Morgan fingerprint density at radius 1 is 1.09 bits per heavy atom.